The fourth-order valence-corrected chi connectivity index (χ4v) is 1.08. The van der Waals surface area contributed by atoms with Crippen LogP contribution in [0.15, 0.2) is 18.2 Å². The molecule has 1 aromatic rings. The quantitative estimate of drug-likeness (QED) is 0.512. The van der Waals surface area contributed by atoms with Crippen LogP contribution in [-0.2, 0) is 6.32 Å². The molecular formula is C8H5BF4KN. The summed E-state index contributed by atoms with van der Waals surface area (Å²) in [6.07, 6.45) is -1.15. The summed E-state index contributed by atoms with van der Waals surface area (Å²) in [6.45, 7) is -4.99. The second-order valence-electron chi connectivity index (χ2n) is 2.83. The Balaban J connectivity index is 0.00000196. The Morgan fingerprint density at radius 3 is 2.33 bits per heavy atom. The first kappa shape index (κ1) is 15.1. The Bertz CT molecular complexity index is 385. The summed E-state index contributed by atoms with van der Waals surface area (Å²) in [5.41, 5.74) is -0.439. The SMILES string of the molecule is N#Cc1cc(F)ccc1C[B-](F)(F)F.[K+]. The van der Waals surface area contributed by atoms with Gasteiger partial charge in [-0.3, -0.25) is 0 Å². The molecular weight excluding hydrogens is 236 g/mol. The van der Waals surface area contributed by atoms with E-state index in [1.807, 2.05) is 0 Å². The van der Waals surface area contributed by atoms with Crippen molar-refractivity contribution >= 4 is 6.98 Å². The van der Waals surface area contributed by atoms with E-state index >= 15 is 0 Å². The van der Waals surface area contributed by atoms with Crippen molar-refractivity contribution in [2.75, 3.05) is 0 Å². The summed E-state index contributed by atoms with van der Waals surface area (Å²) in [5.74, 6) is -0.708. The predicted octanol–water partition coefficient (Wildman–Crippen LogP) is -0.370. The fourth-order valence-electron chi connectivity index (χ4n) is 1.08. The summed E-state index contributed by atoms with van der Waals surface area (Å²) in [4.78, 5) is 0. The van der Waals surface area contributed by atoms with Crippen molar-refractivity contribution in [3.63, 3.8) is 0 Å². The van der Waals surface area contributed by atoms with Gasteiger partial charge >= 0.3 is 58.4 Å². The first-order chi connectivity index (χ1) is 6.42. The minimum absolute atomic E-state index is 0. The Hall–Kier alpha value is 0.131. The summed E-state index contributed by atoms with van der Waals surface area (Å²) in [6, 6.07) is 4.24. The summed E-state index contributed by atoms with van der Waals surface area (Å²) in [7, 11) is 0. The Labute approximate surface area is 127 Å². The molecule has 0 radical (unpaired) electrons. The van der Waals surface area contributed by atoms with Crippen molar-refractivity contribution in [1.82, 2.24) is 0 Å². The minimum atomic E-state index is -4.99. The van der Waals surface area contributed by atoms with Gasteiger partial charge in [0.2, 0.25) is 0 Å². The van der Waals surface area contributed by atoms with Crippen LogP contribution in [0.1, 0.15) is 11.1 Å². The van der Waals surface area contributed by atoms with Gasteiger partial charge in [-0.1, -0.05) is 17.9 Å². The Kier molecular flexibility index (Phi) is 6.07. The summed E-state index contributed by atoms with van der Waals surface area (Å²) < 4.78 is 48.6. The van der Waals surface area contributed by atoms with Crippen molar-refractivity contribution in [2.24, 2.45) is 0 Å². The van der Waals surface area contributed by atoms with Gasteiger partial charge in [-0.25, -0.2) is 4.39 Å². The van der Waals surface area contributed by atoms with Crippen LogP contribution in [0, 0.1) is 17.1 Å². The minimum Gasteiger partial charge on any atom is -0.449 e. The molecule has 0 spiro atoms. The second-order valence-corrected chi connectivity index (χ2v) is 2.83. The van der Waals surface area contributed by atoms with Gasteiger partial charge in [0.15, 0.2) is 0 Å². The molecule has 7 heteroatoms. The number of hydrogen-bond donors (Lipinski definition) is 0. The average molecular weight is 241 g/mol. The molecule has 0 aliphatic carbocycles. The Morgan fingerprint density at radius 2 is 1.87 bits per heavy atom. The van der Waals surface area contributed by atoms with Crippen molar-refractivity contribution in [3.8, 4) is 6.07 Å². The molecule has 0 N–H and O–H groups in total. The molecule has 1 nitrogen and oxygen atoms in total. The normalized spacial score (nSPS) is 10.3. The third-order valence-electron chi connectivity index (χ3n) is 1.64. The van der Waals surface area contributed by atoms with Gasteiger partial charge in [-0.15, -0.1) is 0 Å². The maximum Gasteiger partial charge on any atom is 1.00 e. The van der Waals surface area contributed by atoms with E-state index in [-0.39, 0.29) is 62.5 Å². The molecule has 0 unspecified atom stereocenters. The van der Waals surface area contributed by atoms with E-state index in [2.05, 4.69) is 0 Å². The van der Waals surface area contributed by atoms with Gasteiger partial charge in [0.25, 0.3) is 0 Å². The van der Waals surface area contributed by atoms with Crippen molar-refractivity contribution < 1.29 is 68.7 Å². The van der Waals surface area contributed by atoms with E-state index in [1.165, 1.54) is 6.07 Å². The van der Waals surface area contributed by atoms with Crippen LogP contribution in [0.3, 0.4) is 0 Å². The Morgan fingerprint density at radius 1 is 1.27 bits per heavy atom. The zero-order chi connectivity index (χ0) is 10.8. The number of benzene rings is 1. The maximum atomic E-state index is 12.5. The van der Waals surface area contributed by atoms with Crippen LogP contribution in [0.2, 0.25) is 0 Å². The largest absolute Gasteiger partial charge is 1.00 e. The molecule has 0 aromatic heterocycles. The molecule has 0 aliphatic rings. The number of hydrogen-bond acceptors (Lipinski definition) is 1. The van der Waals surface area contributed by atoms with Crippen LogP contribution in [0.4, 0.5) is 17.3 Å². The van der Waals surface area contributed by atoms with Crippen LogP contribution in [0.25, 0.3) is 0 Å². The van der Waals surface area contributed by atoms with E-state index in [4.69, 9.17) is 5.26 Å². The molecule has 0 aliphatic heterocycles. The van der Waals surface area contributed by atoms with Crippen molar-refractivity contribution in [3.05, 3.63) is 35.1 Å². The summed E-state index contributed by atoms with van der Waals surface area (Å²) in [5, 5.41) is 8.46. The molecule has 0 heterocycles. The molecule has 0 amide bonds. The van der Waals surface area contributed by atoms with E-state index in [0.29, 0.717) is 0 Å². The van der Waals surface area contributed by atoms with E-state index in [9.17, 15) is 17.3 Å². The van der Waals surface area contributed by atoms with Gasteiger partial charge in [0.05, 0.1) is 11.6 Å². The van der Waals surface area contributed by atoms with Gasteiger partial charge in [0, 0.05) is 0 Å². The molecule has 74 valence electrons. The van der Waals surface area contributed by atoms with Gasteiger partial charge in [0.1, 0.15) is 5.82 Å². The van der Waals surface area contributed by atoms with Crippen LogP contribution >= 0.6 is 0 Å². The molecule has 0 atom stereocenters. The van der Waals surface area contributed by atoms with Crippen molar-refractivity contribution in [1.29, 1.82) is 5.26 Å². The second kappa shape index (κ2) is 6.01. The standard InChI is InChI=1S/C8H5BF4N.K/c10-8-2-1-6(4-9(11,12)13)7(3-8)5-14;/h1-3H,4H2;/q-1;+1. The van der Waals surface area contributed by atoms with Crippen molar-refractivity contribution in [2.45, 2.75) is 6.32 Å². The number of nitriles is 1. The number of rotatable bonds is 2. The van der Waals surface area contributed by atoms with E-state index < -0.39 is 19.1 Å². The zero-order valence-corrected chi connectivity index (χ0v) is 11.1. The first-order valence-corrected chi connectivity index (χ1v) is 3.82. The molecule has 0 bridgehead atoms. The molecule has 15 heavy (non-hydrogen) atoms. The van der Waals surface area contributed by atoms with Crippen LogP contribution in [0.5, 0.6) is 0 Å². The van der Waals surface area contributed by atoms with E-state index in [1.54, 1.807) is 0 Å². The fraction of sp³-hybridized carbons (Fsp3) is 0.125. The molecule has 0 saturated carbocycles. The topological polar surface area (TPSA) is 23.8 Å². The molecule has 1 rings (SSSR count). The van der Waals surface area contributed by atoms with E-state index in [0.717, 1.165) is 18.2 Å². The predicted molar refractivity (Wildman–Crippen MR) is 43.9 cm³/mol. The van der Waals surface area contributed by atoms with Gasteiger partial charge in [-0.05, 0) is 12.1 Å². The zero-order valence-electron chi connectivity index (χ0n) is 7.98. The third-order valence-corrected chi connectivity index (χ3v) is 1.64. The first-order valence-electron chi connectivity index (χ1n) is 3.82. The van der Waals surface area contributed by atoms with Crippen LogP contribution < -0.4 is 51.4 Å². The smallest absolute Gasteiger partial charge is 0.449 e. The van der Waals surface area contributed by atoms with Crippen LogP contribution in [-0.4, -0.2) is 6.98 Å². The van der Waals surface area contributed by atoms with Gasteiger partial charge in [-0.2, -0.15) is 5.26 Å². The maximum absolute atomic E-state index is 12.5. The number of nitrogens with zero attached hydrogens (tertiary/aromatic N) is 1. The monoisotopic (exact) mass is 241 g/mol. The number of halogens is 4. The summed E-state index contributed by atoms with van der Waals surface area (Å²) >= 11 is 0. The molecule has 1 aromatic carbocycles. The van der Waals surface area contributed by atoms with Gasteiger partial charge < -0.3 is 12.9 Å². The third kappa shape index (κ3) is 5.13. The molecule has 0 saturated heterocycles. The average Bonchev–Trinajstić information content (AvgIpc) is 2.06. The molecule has 0 fully saturated rings.